The Labute approximate surface area is 244 Å². The van der Waals surface area contributed by atoms with Crippen molar-refractivity contribution in [3.05, 3.63) is 52.1 Å². The van der Waals surface area contributed by atoms with Crippen LogP contribution in [-0.2, 0) is 20.2 Å². The molecule has 6 nitrogen and oxygen atoms in total. The number of halogens is 4. The van der Waals surface area contributed by atoms with Crippen LogP contribution in [0, 0.1) is 23.3 Å². The molecular weight excluding hydrogens is 596 g/mol. The van der Waals surface area contributed by atoms with Crippen LogP contribution in [0.4, 0.5) is 17.6 Å². The average Bonchev–Trinajstić information content (AvgIpc) is 2.98. The summed E-state index contributed by atoms with van der Waals surface area (Å²) in [6.45, 7) is 0. The minimum Gasteiger partial charge on any atom is -0.372 e. The van der Waals surface area contributed by atoms with Crippen LogP contribution < -0.4 is 4.18 Å². The van der Waals surface area contributed by atoms with Crippen LogP contribution in [0.3, 0.4) is 0 Å². The van der Waals surface area contributed by atoms with Gasteiger partial charge in [-0.3, -0.25) is 4.55 Å². The molecule has 232 valence electrons. The highest BCUT2D eigenvalue weighted by Gasteiger charge is 2.39. The van der Waals surface area contributed by atoms with Gasteiger partial charge in [-0.15, -0.1) is 0 Å². The second-order valence-electron chi connectivity index (χ2n) is 12.0. The zero-order valence-electron chi connectivity index (χ0n) is 23.3. The van der Waals surface area contributed by atoms with Gasteiger partial charge in [0.1, 0.15) is 4.90 Å². The second-order valence-corrected chi connectivity index (χ2v) is 14.8. The van der Waals surface area contributed by atoms with Gasteiger partial charge in [0.15, 0.2) is 16.5 Å². The van der Waals surface area contributed by atoms with Gasteiger partial charge >= 0.3 is 20.2 Å². The van der Waals surface area contributed by atoms with Gasteiger partial charge in [0.2, 0.25) is 17.4 Å². The molecule has 0 saturated heterocycles. The lowest BCUT2D eigenvalue weighted by Gasteiger charge is -2.32. The fourth-order valence-electron chi connectivity index (χ4n) is 7.13. The molecule has 3 aliphatic carbocycles. The molecule has 0 spiro atoms. The summed E-state index contributed by atoms with van der Waals surface area (Å²) in [5.41, 5.74) is 2.06. The molecule has 0 unspecified atom stereocenters. The molecule has 5 rings (SSSR count). The fraction of sp³-hybridized carbons (Fsp3) is 0.600. The van der Waals surface area contributed by atoms with Crippen LogP contribution in [0.5, 0.6) is 5.75 Å². The Hall–Kier alpha value is -2.18. The molecule has 42 heavy (non-hydrogen) atoms. The molecule has 12 heteroatoms. The second kappa shape index (κ2) is 12.4. The van der Waals surface area contributed by atoms with Gasteiger partial charge in [-0.05, 0) is 73.0 Å². The molecule has 3 saturated carbocycles. The summed E-state index contributed by atoms with van der Waals surface area (Å²) in [7, 11) is -10.8. The highest BCUT2D eigenvalue weighted by Crippen LogP contribution is 2.46. The van der Waals surface area contributed by atoms with Crippen molar-refractivity contribution < 1.29 is 43.1 Å². The van der Waals surface area contributed by atoms with Gasteiger partial charge in [-0.25, -0.2) is 8.78 Å². The van der Waals surface area contributed by atoms with Crippen molar-refractivity contribution in [2.24, 2.45) is 0 Å². The molecule has 0 amide bonds. The zero-order chi connectivity index (χ0) is 30.2. The van der Waals surface area contributed by atoms with Crippen molar-refractivity contribution in [2.45, 2.75) is 124 Å². The minimum absolute atomic E-state index is 0.150. The Balaban J connectivity index is 1.70. The van der Waals surface area contributed by atoms with Crippen LogP contribution >= 0.6 is 0 Å². The summed E-state index contributed by atoms with van der Waals surface area (Å²) in [6.07, 6.45) is 13.6. The normalized spacial score (nSPS) is 20.1. The first-order valence-corrected chi connectivity index (χ1v) is 17.7. The summed E-state index contributed by atoms with van der Waals surface area (Å²) in [5.74, 6) is -11.7. The zero-order valence-corrected chi connectivity index (χ0v) is 24.9. The molecule has 0 aromatic heterocycles. The molecule has 0 heterocycles. The monoisotopic (exact) mass is 632 g/mol. The minimum atomic E-state index is -5.71. The highest BCUT2D eigenvalue weighted by atomic mass is 32.2. The van der Waals surface area contributed by atoms with Crippen molar-refractivity contribution in [1.82, 2.24) is 0 Å². The molecule has 2 aromatic carbocycles. The number of rotatable bonds is 7. The molecule has 1 N–H and O–H groups in total. The first-order valence-electron chi connectivity index (χ1n) is 14.9. The lowest BCUT2D eigenvalue weighted by molar-refractivity contribution is 0.363. The van der Waals surface area contributed by atoms with E-state index in [1.807, 2.05) is 12.1 Å². The van der Waals surface area contributed by atoms with E-state index in [-0.39, 0.29) is 22.6 Å². The lowest BCUT2D eigenvalue weighted by atomic mass is 9.76. The SMILES string of the molecule is O=S(=O)(O)c1c(F)c(F)c(OS(=O)(=O)c2c(C3CCCCC3)cc(C3CCCCC3)cc2C2CCCCC2)c(F)c1F. The van der Waals surface area contributed by atoms with Crippen molar-refractivity contribution in [3.63, 3.8) is 0 Å². The van der Waals surface area contributed by atoms with Crippen molar-refractivity contribution >= 4 is 20.2 Å². The van der Waals surface area contributed by atoms with Gasteiger partial charge in [-0.2, -0.15) is 25.6 Å². The Morgan fingerprint density at radius 1 is 0.571 bits per heavy atom. The first kappa shape index (κ1) is 31.3. The van der Waals surface area contributed by atoms with E-state index in [0.29, 0.717) is 11.1 Å². The van der Waals surface area contributed by atoms with Crippen LogP contribution in [0.1, 0.15) is 131 Å². The maximum atomic E-state index is 15.0. The van der Waals surface area contributed by atoms with E-state index in [0.717, 1.165) is 102 Å². The third-order valence-corrected chi connectivity index (χ3v) is 11.5. The van der Waals surface area contributed by atoms with E-state index in [4.69, 9.17) is 8.74 Å². The fourth-order valence-corrected chi connectivity index (χ4v) is 9.24. The predicted octanol–water partition coefficient (Wildman–Crippen LogP) is 8.40. The van der Waals surface area contributed by atoms with Crippen LogP contribution in [0.15, 0.2) is 21.9 Å². The topological polar surface area (TPSA) is 97.7 Å². The maximum absolute atomic E-state index is 15.0. The Morgan fingerprint density at radius 3 is 1.33 bits per heavy atom. The van der Waals surface area contributed by atoms with Crippen LogP contribution in [0.25, 0.3) is 0 Å². The van der Waals surface area contributed by atoms with Crippen molar-refractivity contribution in [2.75, 3.05) is 0 Å². The predicted molar refractivity (Wildman–Crippen MR) is 148 cm³/mol. The number of benzene rings is 2. The van der Waals surface area contributed by atoms with Gasteiger partial charge in [0.05, 0.1) is 0 Å². The molecule has 0 bridgehead atoms. The van der Waals surface area contributed by atoms with Crippen molar-refractivity contribution in [3.8, 4) is 5.75 Å². The lowest BCUT2D eigenvalue weighted by Crippen LogP contribution is -2.22. The van der Waals surface area contributed by atoms with Crippen LogP contribution in [0.2, 0.25) is 0 Å². The van der Waals surface area contributed by atoms with E-state index in [2.05, 4.69) is 0 Å². The third-order valence-electron chi connectivity index (χ3n) is 9.22. The van der Waals surface area contributed by atoms with Gasteiger partial charge in [0, 0.05) is 0 Å². The van der Waals surface area contributed by atoms with E-state index in [1.54, 1.807) is 0 Å². The van der Waals surface area contributed by atoms with Crippen LogP contribution in [-0.4, -0.2) is 21.4 Å². The molecule has 3 fully saturated rings. The van der Waals surface area contributed by atoms with E-state index in [9.17, 15) is 34.4 Å². The first-order chi connectivity index (χ1) is 19.9. The quantitative estimate of drug-likeness (QED) is 0.143. The summed E-state index contributed by atoms with van der Waals surface area (Å²) in [5, 5.41) is 0. The van der Waals surface area contributed by atoms with Gasteiger partial charge in [-0.1, -0.05) is 69.9 Å². The molecule has 0 atom stereocenters. The Morgan fingerprint density at radius 2 is 0.952 bits per heavy atom. The summed E-state index contributed by atoms with van der Waals surface area (Å²) < 4.78 is 124. The average molecular weight is 633 g/mol. The van der Waals surface area contributed by atoms with Gasteiger partial charge < -0.3 is 4.18 Å². The smallest absolute Gasteiger partial charge is 0.339 e. The van der Waals surface area contributed by atoms with Gasteiger partial charge in [0.25, 0.3) is 0 Å². The third kappa shape index (κ3) is 6.22. The molecule has 3 aliphatic rings. The summed E-state index contributed by atoms with van der Waals surface area (Å²) >= 11 is 0. The van der Waals surface area contributed by atoms with E-state index in [1.165, 1.54) is 0 Å². The molecule has 0 radical (unpaired) electrons. The van der Waals surface area contributed by atoms with E-state index < -0.39 is 54.2 Å². The summed E-state index contributed by atoms with van der Waals surface area (Å²) in [6, 6.07) is 3.79. The molecular formula is C30H36F4O6S2. The highest BCUT2D eigenvalue weighted by molar-refractivity contribution is 7.87. The number of hydrogen-bond acceptors (Lipinski definition) is 5. The van der Waals surface area contributed by atoms with E-state index >= 15 is 0 Å². The van der Waals surface area contributed by atoms with Crippen molar-refractivity contribution in [1.29, 1.82) is 0 Å². The molecule has 2 aromatic rings. The number of hydrogen-bond donors (Lipinski definition) is 1. The Kier molecular flexibility index (Phi) is 9.25. The Bertz CT molecular complexity index is 1470. The maximum Gasteiger partial charge on any atom is 0.339 e. The largest absolute Gasteiger partial charge is 0.372 e. The standard InChI is InChI=1S/C30H36F4O6S2/c31-24-26(33)30(41(35,36)37)27(34)25(32)28(24)40-42(38,39)29-22(19-12-6-2-7-13-19)16-21(18-10-4-1-5-11-18)17-23(29)20-14-8-3-9-15-20/h16-20H,1-15H2,(H,35,36,37). The summed E-state index contributed by atoms with van der Waals surface area (Å²) in [4.78, 5) is -2.47. The molecule has 0 aliphatic heterocycles.